The van der Waals surface area contributed by atoms with Crippen molar-refractivity contribution in [3.8, 4) is 5.75 Å². The van der Waals surface area contributed by atoms with Gasteiger partial charge in [-0.3, -0.25) is 4.79 Å². The average molecular weight is 374 g/mol. The van der Waals surface area contributed by atoms with Gasteiger partial charge in [-0.1, -0.05) is 18.2 Å². The molecule has 1 rings (SSSR count). The summed E-state index contributed by atoms with van der Waals surface area (Å²) in [7, 11) is 0. The van der Waals surface area contributed by atoms with E-state index in [-0.39, 0.29) is 35.8 Å². The monoisotopic (exact) mass is 374 g/mol. The normalized spacial score (nSPS) is 12.5. The van der Waals surface area contributed by atoms with Crippen molar-refractivity contribution in [2.24, 2.45) is 4.99 Å². The zero-order chi connectivity index (χ0) is 19.8. The Hall–Kier alpha value is -2.45. The van der Waals surface area contributed by atoms with Crippen molar-refractivity contribution in [1.29, 1.82) is 0 Å². The zero-order valence-corrected chi connectivity index (χ0v) is 15.3. The van der Waals surface area contributed by atoms with Gasteiger partial charge in [0.25, 0.3) is 0 Å². The minimum atomic E-state index is -4.77. The van der Waals surface area contributed by atoms with Crippen LogP contribution in [-0.4, -0.2) is 36.9 Å². The molecule has 0 radical (unpaired) electrons. The molecule has 0 aromatic heterocycles. The topological polar surface area (TPSA) is 74.8 Å². The Morgan fingerprint density at radius 1 is 1.15 bits per heavy atom. The van der Waals surface area contributed by atoms with Crippen molar-refractivity contribution in [2.45, 2.75) is 46.1 Å². The van der Waals surface area contributed by atoms with Crippen LogP contribution in [0, 0.1) is 0 Å². The smallest absolute Gasteiger partial charge is 0.405 e. The molecule has 0 saturated heterocycles. The van der Waals surface area contributed by atoms with Gasteiger partial charge in [-0.2, -0.15) is 0 Å². The first kappa shape index (κ1) is 21.6. The highest BCUT2D eigenvalue weighted by Crippen LogP contribution is 2.26. The van der Waals surface area contributed by atoms with Gasteiger partial charge in [0.2, 0.25) is 5.91 Å². The number of benzene rings is 1. The first-order valence-corrected chi connectivity index (χ1v) is 8.17. The summed E-state index contributed by atoms with van der Waals surface area (Å²) in [4.78, 5) is 16.1. The number of nitrogens with one attached hydrogen (secondary N) is 3. The van der Waals surface area contributed by atoms with E-state index in [9.17, 15) is 18.0 Å². The molecule has 6 nitrogen and oxygen atoms in total. The van der Waals surface area contributed by atoms with E-state index in [2.05, 4.69) is 25.7 Å². The highest BCUT2D eigenvalue weighted by atomic mass is 19.4. The SMILES string of the molecule is CCNC(=NCc1ccccc1OC(F)(F)F)NCC(=O)NC(C)(C)C. The summed E-state index contributed by atoms with van der Waals surface area (Å²) < 4.78 is 41.4. The number of rotatable bonds is 6. The van der Waals surface area contributed by atoms with Gasteiger partial charge in [0, 0.05) is 17.6 Å². The summed E-state index contributed by atoms with van der Waals surface area (Å²) in [6, 6.07) is 5.79. The Bertz CT molecular complexity index is 625. The maximum atomic E-state index is 12.5. The molecular weight excluding hydrogens is 349 g/mol. The third-order valence-corrected chi connectivity index (χ3v) is 2.88. The third kappa shape index (κ3) is 9.14. The molecule has 3 N–H and O–H groups in total. The highest BCUT2D eigenvalue weighted by molar-refractivity contribution is 5.86. The molecule has 0 spiro atoms. The second kappa shape index (κ2) is 9.30. The fraction of sp³-hybridized carbons (Fsp3) is 0.529. The summed E-state index contributed by atoms with van der Waals surface area (Å²) in [5.41, 5.74) is -0.0801. The summed E-state index contributed by atoms with van der Waals surface area (Å²) in [5.74, 6) is -0.202. The van der Waals surface area contributed by atoms with Crippen molar-refractivity contribution < 1.29 is 22.7 Å². The van der Waals surface area contributed by atoms with Crippen LogP contribution in [0.2, 0.25) is 0 Å². The lowest BCUT2D eigenvalue weighted by Gasteiger charge is -2.21. The number of para-hydroxylation sites is 1. The van der Waals surface area contributed by atoms with Crippen LogP contribution >= 0.6 is 0 Å². The van der Waals surface area contributed by atoms with Crippen molar-refractivity contribution in [3.05, 3.63) is 29.8 Å². The quantitative estimate of drug-likeness (QED) is 0.529. The summed E-state index contributed by atoms with van der Waals surface area (Å²) in [6.45, 7) is 7.91. The Morgan fingerprint density at radius 3 is 2.38 bits per heavy atom. The number of hydrogen-bond acceptors (Lipinski definition) is 3. The molecule has 0 aliphatic carbocycles. The van der Waals surface area contributed by atoms with E-state index in [1.807, 2.05) is 27.7 Å². The average Bonchev–Trinajstić information content (AvgIpc) is 2.48. The standard InChI is InChI=1S/C17H25F3N4O2/c1-5-21-15(23-11-14(25)24-16(2,3)4)22-10-12-8-6-7-9-13(12)26-17(18,19)20/h6-9H,5,10-11H2,1-4H3,(H,24,25)(H2,21,22,23). The molecule has 1 amide bonds. The van der Waals surface area contributed by atoms with E-state index in [0.29, 0.717) is 12.5 Å². The number of amides is 1. The number of alkyl halides is 3. The summed E-state index contributed by atoms with van der Waals surface area (Å²) in [6.07, 6.45) is -4.77. The van der Waals surface area contributed by atoms with Gasteiger partial charge < -0.3 is 20.7 Å². The van der Waals surface area contributed by atoms with Crippen molar-refractivity contribution in [2.75, 3.05) is 13.1 Å². The zero-order valence-electron chi connectivity index (χ0n) is 15.3. The Balaban J connectivity index is 2.77. The second-order valence-electron chi connectivity index (χ2n) is 6.50. The van der Waals surface area contributed by atoms with Crippen LogP contribution in [0.15, 0.2) is 29.3 Å². The highest BCUT2D eigenvalue weighted by Gasteiger charge is 2.31. The molecule has 26 heavy (non-hydrogen) atoms. The summed E-state index contributed by atoms with van der Waals surface area (Å²) in [5, 5.41) is 8.58. The second-order valence-corrected chi connectivity index (χ2v) is 6.50. The lowest BCUT2D eigenvalue weighted by atomic mass is 10.1. The number of carbonyl (C=O) groups is 1. The molecule has 0 atom stereocenters. The molecular formula is C17H25F3N4O2. The van der Waals surface area contributed by atoms with Gasteiger partial charge in [-0.25, -0.2) is 4.99 Å². The molecule has 146 valence electrons. The predicted octanol–water partition coefficient (Wildman–Crippen LogP) is 2.56. The summed E-state index contributed by atoms with van der Waals surface area (Å²) >= 11 is 0. The molecule has 0 aliphatic rings. The predicted molar refractivity (Wildman–Crippen MR) is 93.8 cm³/mol. The first-order chi connectivity index (χ1) is 12.0. The van der Waals surface area contributed by atoms with Crippen molar-refractivity contribution in [3.63, 3.8) is 0 Å². The lowest BCUT2D eigenvalue weighted by molar-refractivity contribution is -0.274. The number of carbonyl (C=O) groups excluding carboxylic acids is 1. The molecule has 1 aromatic carbocycles. The van der Waals surface area contributed by atoms with E-state index in [1.165, 1.54) is 18.2 Å². The number of guanidine groups is 1. The van der Waals surface area contributed by atoms with Gasteiger partial charge in [0.05, 0.1) is 13.1 Å². The maximum Gasteiger partial charge on any atom is 0.573 e. The van der Waals surface area contributed by atoms with Crippen LogP contribution in [0.3, 0.4) is 0 Å². The van der Waals surface area contributed by atoms with Crippen molar-refractivity contribution >= 4 is 11.9 Å². The fourth-order valence-electron chi connectivity index (χ4n) is 1.99. The van der Waals surface area contributed by atoms with Crippen LogP contribution in [-0.2, 0) is 11.3 Å². The fourth-order valence-corrected chi connectivity index (χ4v) is 1.99. The van der Waals surface area contributed by atoms with E-state index >= 15 is 0 Å². The number of aliphatic imine (C=N–C) groups is 1. The minimum Gasteiger partial charge on any atom is -0.405 e. The van der Waals surface area contributed by atoms with Gasteiger partial charge in [0.1, 0.15) is 5.75 Å². The number of ether oxygens (including phenoxy) is 1. The number of halogens is 3. The Morgan fingerprint density at radius 2 is 1.81 bits per heavy atom. The number of nitrogens with zero attached hydrogens (tertiary/aromatic N) is 1. The molecule has 0 aliphatic heterocycles. The van der Waals surface area contributed by atoms with E-state index < -0.39 is 6.36 Å². The first-order valence-electron chi connectivity index (χ1n) is 8.17. The van der Waals surface area contributed by atoms with E-state index in [0.717, 1.165) is 0 Å². The largest absolute Gasteiger partial charge is 0.573 e. The maximum absolute atomic E-state index is 12.5. The van der Waals surface area contributed by atoms with E-state index in [4.69, 9.17) is 0 Å². The van der Waals surface area contributed by atoms with Gasteiger partial charge in [0.15, 0.2) is 5.96 Å². The third-order valence-electron chi connectivity index (χ3n) is 2.88. The molecule has 0 bridgehead atoms. The molecule has 9 heteroatoms. The molecule has 0 unspecified atom stereocenters. The lowest BCUT2D eigenvalue weighted by Crippen LogP contribution is -2.48. The van der Waals surface area contributed by atoms with Crippen LogP contribution in [0.1, 0.15) is 33.3 Å². The molecule has 0 saturated carbocycles. The van der Waals surface area contributed by atoms with Gasteiger partial charge in [-0.05, 0) is 33.8 Å². The van der Waals surface area contributed by atoms with Crippen LogP contribution < -0.4 is 20.7 Å². The minimum absolute atomic E-state index is 0.0101. The number of hydrogen-bond donors (Lipinski definition) is 3. The Labute approximate surface area is 151 Å². The Kier molecular flexibility index (Phi) is 7.73. The van der Waals surface area contributed by atoms with Gasteiger partial charge >= 0.3 is 6.36 Å². The molecule has 1 aromatic rings. The van der Waals surface area contributed by atoms with Gasteiger partial charge in [-0.15, -0.1) is 13.2 Å². The van der Waals surface area contributed by atoms with Crippen LogP contribution in [0.25, 0.3) is 0 Å². The molecule has 0 heterocycles. The van der Waals surface area contributed by atoms with E-state index in [1.54, 1.807) is 6.07 Å². The molecule has 0 fully saturated rings. The van der Waals surface area contributed by atoms with Crippen LogP contribution in [0.4, 0.5) is 13.2 Å². The van der Waals surface area contributed by atoms with Crippen molar-refractivity contribution in [1.82, 2.24) is 16.0 Å². The van der Waals surface area contributed by atoms with Crippen LogP contribution in [0.5, 0.6) is 5.75 Å².